The molecular formula is C14H22N2O2. The molecule has 0 saturated heterocycles. The zero-order valence-corrected chi connectivity index (χ0v) is 11.0. The second-order valence-corrected chi connectivity index (χ2v) is 5.79. The molecule has 0 spiro atoms. The normalized spacial score (nSPS) is 34.3. The van der Waals surface area contributed by atoms with Crippen molar-refractivity contribution in [1.82, 2.24) is 9.78 Å². The Morgan fingerprint density at radius 3 is 3.11 bits per heavy atom. The van der Waals surface area contributed by atoms with Gasteiger partial charge >= 0.3 is 0 Å². The molecule has 2 saturated carbocycles. The Balaban J connectivity index is 1.78. The van der Waals surface area contributed by atoms with Gasteiger partial charge < -0.3 is 9.84 Å². The Hall–Kier alpha value is -0.870. The molecule has 0 radical (unpaired) electrons. The van der Waals surface area contributed by atoms with E-state index in [9.17, 15) is 5.11 Å². The fraction of sp³-hybridized carbons (Fsp3) is 0.786. The summed E-state index contributed by atoms with van der Waals surface area (Å²) in [5, 5.41) is 15.3. The highest BCUT2D eigenvalue weighted by Gasteiger charge is 2.52. The van der Waals surface area contributed by atoms with Gasteiger partial charge in [0.05, 0.1) is 5.69 Å². The van der Waals surface area contributed by atoms with Crippen LogP contribution in [0.3, 0.4) is 0 Å². The van der Waals surface area contributed by atoms with Gasteiger partial charge in [0.1, 0.15) is 5.60 Å². The van der Waals surface area contributed by atoms with Crippen molar-refractivity contribution in [3.63, 3.8) is 0 Å². The van der Waals surface area contributed by atoms with Gasteiger partial charge in [-0.25, -0.2) is 0 Å². The number of methoxy groups -OCH3 is 1. The summed E-state index contributed by atoms with van der Waals surface area (Å²) in [4.78, 5) is 0. The fourth-order valence-corrected chi connectivity index (χ4v) is 3.85. The zero-order chi connectivity index (χ0) is 12.6. The molecule has 1 aromatic heterocycles. The maximum Gasteiger partial charge on any atom is 0.109 e. The van der Waals surface area contributed by atoms with E-state index >= 15 is 0 Å². The Labute approximate surface area is 108 Å². The second-order valence-electron chi connectivity index (χ2n) is 5.79. The maximum absolute atomic E-state index is 11.0. The summed E-state index contributed by atoms with van der Waals surface area (Å²) in [6.45, 7) is 1.57. The summed E-state index contributed by atoms with van der Waals surface area (Å²) < 4.78 is 7.05. The van der Waals surface area contributed by atoms with Crippen LogP contribution >= 0.6 is 0 Å². The average molecular weight is 250 g/mol. The molecular weight excluding hydrogens is 228 g/mol. The largest absolute Gasteiger partial charge is 0.385 e. The smallest absolute Gasteiger partial charge is 0.109 e. The van der Waals surface area contributed by atoms with E-state index in [1.54, 1.807) is 7.11 Å². The van der Waals surface area contributed by atoms with Crippen molar-refractivity contribution in [1.29, 1.82) is 0 Å². The summed E-state index contributed by atoms with van der Waals surface area (Å²) in [5.74, 6) is 1.17. The molecule has 1 aromatic rings. The quantitative estimate of drug-likeness (QED) is 0.812. The minimum atomic E-state index is -0.619. The number of hydrogen-bond acceptors (Lipinski definition) is 3. The van der Waals surface area contributed by atoms with Gasteiger partial charge in [-0.1, -0.05) is 0 Å². The lowest BCUT2D eigenvalue weighted by molar-refractivity contribution is -0.0263. The van der Waals surface area contributed by atoms with E-state index < -0.39 is 5.60 Å². The summed E-state index contributed by atoms with van der Waals surface area (Å²) >= 11 is 0. The molecule has 100 valence electrons. The van der Waals surface area contributed by atoms with Crippen LogP contribution in [0.2, 0.25) is 0 Å². The van der Waals surface area contributed by atoms with Crippen molar-refractivity contribution in [3.8, 4) is 0 Å². The third kappa shape index (κ3) is 1.88. The summed E-state index contributed by atoms with van der Waals surface area (Å²) in [7, 11) is 1.72. The number of fused-ring (bicyclic) bond motifs is 2. The van der Waals surface area contributed by atoms with Crippen molar-refractivity contribution in [2.45, 2.75) is 44.2 Å². The Morgan fingerprint density at radius 2 is 2.44 bits per heavy atom. The molecule has 2 aliphatic rings. The molecule has 3 atom stereocenters. The molecule has 1 N–H and O–H groups in total. The van der Waals surface area contributed by atoms with E-state index in [1.807, 2.05) is 16.9 Å². The molecule has 2 aliphatic carbocycles. The third-order valence-corrected chi connectivity index (χ3v) is 4.69. The van der Waals surface area contributed by atoms with E-state index in [-0.39, 0.29) is 0 Å². The molecule has 3 rings (SSSR count). The number of ether oxygens (including phenoxy) is 1. The van der Waals surface area contributed by atoms with Gasteiger partial charge in [-0.05, 0) is 50.0 Å². The third-order valence-electron chi connectivity index (χ3n) is 4.69. The molecule has 18 heavy (non-hydrogen) atoms. The van der Waals surface area contributed by atoms with Crippen LogP contribution in [0.25, 0.3) is 0 Å². The van der Waals surface area contributed by atoms with Gasteiger partial charge in [-0.15, -0.1) is 0 Å². The first-order valence-electron chi connectivity index (χ1n) is 6.97. The number of hydrogen-bond donors (Lipinski definition) is 1. The zero-order valence-electron chi connectivity index (χ0n) is 11.0. The number of nitrogens with zero attached hydrogens (tertiary/aromatic N) is 2. The van der Waals surface area contributed by atoms with Crippen LogP contribution in [0.1, 0.15) is 37.8 Å². The monoisotopic (exact) mass is 250 g/mol. The molecule has 2 fully saturated rings. The summed E-state index contributed by atoms with van der Waals surface area (Å²) in [6, 6.07) is 1.99. The van der Waals surface area contributed by atoms with Crippen LogP contribution in [0.15, 0.2) is 12.3 Å². The number of aromatic nitrogens is 2. The highest BCUT2D eigenvalue weighted by Crippen LogP contribution is 2.55. The SMILES string of the molecule is COCCCn1nccc1C1(O)CC2CCC1C2. The minimum absolute atomic E-state index is 0.445. The Kier molecular flexibility index (Phi) is 3.16. The van der Waals surface area contributed by atoms with E-state index in [2.05, 4.69) is 5.10 Å². The second kappa shape index (κ2) is 4.67. The molecule has 0 aromatic carbocycles. The topological polar surface area (TPSA) is 47.3 Å². The lowest BCUT2D eigenvalue weighted by Gasteiger charge is -2.33. The molecule has 4 heteroatoms. The van der Waals surface area contributed by atoms with Crippen LogP contribution < -0.4 is 0 Å². The van der Waals surface area contributed by atoms with Crippen LogP contribution in [-0.4, -0.2) is 28.6 Å². The van der Waals surface area contributed by atoms with Gasteiger partial charge in [0.25, 0.3) is 0 Å². The Bertz CT molecular complexity index is 418. The van der Waals surface area contributed by atoms with Gasteiger partial charge in [0, 0.05) is 26.5 Å². The first kappa shape index (κ1) is 12.2. The number of aliphatic hydroxyl groups is 1. The lowest BCUT2D eigenvalue weighted by Crippen LogP contribution is -2.35. The van der Waals surface area contributed by atoms with E-state index in [0.717, 1.165) is 37.6 Å². The first-order valence-corrected chi connectivity index (χ1v) is 6.97. The van der Waals surface area contributed by atoms with Gasteiger partial charge in [0.15, 0.2) is 0 Å². The summed E-state index contributed by atoms with van der Waals surface area (Å²) in [6.07, 6.45) is 7.34. The van der Waals surface area contributed by atoms with Gasteiger partial charge in [0.2, 0.25) is 0 Å². The van der Waals surface area contributed by atoms with Crippen LogP contribution in [0, 0.1) is 11.8 Å². The lowest BCUT2D eigenvalue weighted by atomic mass is 9.81. The molecule has 4 nitrogen and oxygen atoms in total. The molecule has 2 bridgehead atoms. The van der Waals surface area contributed by atoms with Crippen molar-refractivity contribution in [2.24, 2.45) is 11.8 Å². The highest BCUT2D eigenvalue weighted by molar-refractivity contribution is 5.18. The van der Waals surface area contributed by atoms with Gasteiger partial charge in [-0.3, -0.25) is 4.68 Å². The molecule has 0 amide bonds. The highest BCUT2D eigenvalue weighted by atomic mass is 16.5. The molecule has 1 heterocycles. The van der Waals surface area contributed by atoms with Crippen molar-refractivity contribution >= 4 is 0 Å². The number of aryl methyl sites for hydroxylation is 1. The predicted molar refractivity (Wildman–Crippen MR) is 68.1 cm³/mol. The predicted octanol–water partition coefficient (Wildman–Crippen LogP) is 1.93. The van der Waals surface area contributed by atoms with E-state index in [4.69, 9.17) is 4.74 Å². The van der Waals surface area contributed by atoms with Crippen molar-refractivity contribution in [2.75, 3.05) is 13.7 Å². The van der Waals surface area contributed by atoms with Crippen molar-refractivity contribution in [3.05, 3.63) is 18.0 Å². The van der Waals surface area contributed by atoms with E-state index in [0.29, 0.717) is 5.92 Å². The van der Waals surface area contributed by atoms with Crippen LogP contribution in [-0.2, 0) is 16.9 Å². The van der Waals surface area contributed by atoms with Crippen molar-refractivity contribution < 1.29 is 9.84 Å². The first-order chi connectivity index (χ1) is 8.74. The minimum Gasteiger partial charge on any atom is -0.385 e. The summed E-state index contributed by atoms with van der Waals surface area (Å²) in [5.41, 5.74) is 0.401. The van der Waals surface area contributed by atoms with E-state index in [1.165, 1.54) is 19.3 Å². The molecule has 3 unspecified atom stereocenters. The number of rotatable bonds is 5. The average Bonchev–Trinajstić information content (AvgIpc) is 3.03. The van der Waals surface area contributed by atoms with Crippen LogP contribution in [0.4, 0.5) is 0 Å². The standard InChI is InChI=1S/C14H22N2O2/c1-18-8-2-7-16-13(5-6-15-16)14(17)10-11-3-4-12(14)9-11/h5-6,11-12,17H,2-4,7-10H2,1H3. The maximum atomic E-state index is 11.0. The molecule has 0 aliphatic heterocycles. The van der Waals surface area contributed by atoms with Crippen LogP contribution in [0.5, 0.6) is 0 Å². The Morgan fingerprint density at radius 1 is 1.56 bits per heavy atom. The fourth-order valence-electron chi connectivity index (χ4n) is 3.85. The van der Waals surface area contributed by atoms with Gasteiger partial charge in [-0.2, -0.15) is 5.10 Å².